The first-order valence-corrected chi connectivity index (χ1v) is 3.86. The van der Waals surface area contributed by atoms with Crippen molar-refractivity contribution in [3.8, 4) is 0 Å². The summed E-state index contributed by atoms with van der Waals surface area (Å²) in [7, 11) is 2.23. The normalized spacial score (nSPS) is 43.7. The maximum Gasteiger partial charge on any atom is 0.000996 e. The van der Waals surface area contributed by atoms with Crippen LogP contribution in [0.15, 0.2) is 0 Å². The highest BCUT2D eigenvalue weighted by molar-refractivity contribution is 4.94. The van der Waals surface area contributed by atoms with E-state index in [4.69, 9.17) is 0 Å². The summed E-state index contributed by atoms with van der Waals surface area (Å²) in [5.41, 5.74) is 0. The van der Waals surface area contributed by atoms with E-state index >= 15 is 0 Å². The summed E-state index contributed by atoms with van der Waals surface area (Å²) in [6.07, 6.45) is 5.23. The van der Waals surface area contributed by atoms with Crippen LogP contribution in [0.25, 0.3) is 0 Å². The van der Waals surface area contributed by atoms with Gasteiger partial charge in [-0.1, -0.05) is 0 Å². The van der Waals surface area contributed by atoms with Crippen molar-refractivity contribution in [3.63, 3.8) is 0 Å². The van der Waals surface area contributed by atoms with E-state index < -0.39 is 0 Å². The molecule has 2 unspecified atom stereocenters. The van der Waals surface area contributed by atoms with Crippen LogP contribution in [0.5, 0.6) is 0 Å². The van der Waals surface area contributed by atoms with Gasteiger partial charge in [0.2, 0.25) is 0 Å². The molecule has 0 aromatic rings. The molecule has 0 amide bonds. The van der Waals surface area contributed by atoms with Gasteiger partial charge < -0.3 is 4.90 Å². The lowest BCUT2D eigenvalue weighted by molar-refractivity contribution is 0.387. The lowest BCUT2D eigenvalue weighted by Crippen LogP contribution is -2.14. The number of hydrogen-bond acceptors (Lipinski definition) is 1. The molecule has 9 heavy (non-hydrogen) atoms. The fourth-order valence-electron chi connectivity index (χ4n) is 2.23. The van der Waals surface area contributed by atoms with Crippen LogP contribution in [0.3, 0.4) is 0 Å². The molecule has 2 rings (SSSR count). The fourth-order valence-corrected chi connectivity index (χ4v) is 2.23. The molecule has 1 saturated carbocycles. The molecule has 0 bridgehead atoms. The van der Waals surface area contributed by atoms with Gasteiger partial charge in [-0.3, -0.25) is 0 Å². The Morgan fingerprint density at radius 2 is 1.78 bits per heavy atom. The lowest BCUT2D eigenvalue weighted by Gasteiger charge is -2.06. The minimum atomic E-state index is 1.02. The molecule has 1 aliphatic carbocycles. The van der Waals surface area contributed by atoms with Crippen molar-refractivity contribution in [2.45, 2.75) is 12.8 Å². The molecular formula is C8H14N. The van der Waals surface area contributed by atoms with E-state index in [0.717, 1.165) is 11.8 Å². The third kappa shape index (κ3) is 0.877. The van der Waals surface area contributed by atoms with Crippen molar-refractivity contribution < 1.29 is 0 Å². The molecule has 1 heteroatoms. The van der Waals surface area contributed by atoms with Crippen molar-refractivity contribution in [1.82, 2.24) is 4.90 Å². The fraction of sp³-hybridized carbons (Fsp3) is 0.875. The summed E-state index contributed by atoms with van der Waals surface area (Å²) in [5, 5.41) is 0. The largest absolute Gasteiger partial charge is 0.306 e. The SMILES string of the molecule is CN1CC2C[CH]CC2C1. The molecule has 2 aliphatic rings. The predicted molar refractivity (Wildman–Crippen MR) is 38.0 cm³/mol. The maximum atomic E-state index is 2.46. The van der Waals surface area contributed by atoms with Gasteiger partial charge in [-0.25, -0.2) is 0 Å². The third-order valence-electron chi connectivity index (χ3n) is 2.70. The molecule has 2 fully saturated rings. The monoisotopic (exact) mass is 124 g/mol. The summed E-state index contributed by atoms with van der Waals surface area (Å²) >= 11 is 0. The first kappa shape index (κ1) is 5.72. The van der Waals surface area contributed by atoms with E-state index in [1.807, 2.05) is 0 Å². The van der Waals surface area contributed by atoms with Gasteiger partial charge in [-0.05, 0) is 38.1 Å². The van der Waals surface area contributed by atoms with Crippen LogP contribution in [0.4, 0.5) is 0 Å². The van der Waals surface area contributed by atoms with Crippen molar-refractivity contribution in [2.24, 2.45) is 11.8 Å². The molecule has 2 atom stereocenters. The van der Waals surface area contributed by atoms with E-state index in [-0.39, 0.29) is 0 Å². The van der Waals surface area contributed by atoms with Gasteiger partial charge in [0.15, 0.2) is 0 Å². The van der Waals surface area contributed by atoms with Crippen LogP contribution in [-0.4, -0.2) is 25.0 Å². The quantitative estimate of drug-likeness (QED) is 0.468. The highest BCUT2D eigenvalue weighted by atomic mass is 15.1. The number of likely N-dealkylation sites (tertiary alicyclic amines) is 1. The van der Waals surface area contributed by atoms with E-state index in [1.54, 1.807) is 0 Å². The Morgan fingerprint density at radius 3 is 2.33 bits per heavy atom. The van der Waals surface area contributed by atoms with Crippen LogP contribution in [0.2, 0.25) is 0 Å². The minimum Gasteiger partial charge on any atom is -0.306 e. The van der Waals surface area contributed by atoms with Crippen LogP contribution >= 0.6 is 0 Å². The average Bonchev–Trinajstić information content (AvgIpc) is 2.22. The average molecular weight is 124 g/mol. The molecule has 1 aliphatic heterocycles. The zero-order valence-corrected chi connectivity index (χ0v) is 6.01. The zero-order chi connectivity index (χ0) is 6.27. The van der Waals surface area contributed by atoms with E-state index in [1.165, 1.54) is 25.9 Å². The number of nitrogens with zero attached hydrogens (tertiary/aromatic N) is 1. The number of fused-ring (bicyclic) bond motifs is 1. The van der Waals surface area contributed by atoms with Gasteiger partial charge in [-0.2, -0.15) is 0 Å². The predicted octanol–water partition coefficient (Wildman–Crippen LogP) is 1.16. The topological polar surface area (TPSA) is 3.24 Å². The third-order valence-corrected chi connectivity index (χ3v) is 2.70. The minimum absolute atomic E-state index is 1.02. The van der Waals surface area contributed by atoms with E-state index in [0.29, 0.717) is 0 Å². The molecular weight excluding hydrogens is 110 g/mol. The second-order valence-electron chi connectivity index (χ2n) is 3.50. The van der Waals surface area contributed by atoms with Crippen molar-refractivity contribution in [3.05, 3.63) is 6.42 Å². The summed E-state index contributed by atoms with van der Waals surface area (Å²) < 4.78 is 0. The second-order valence-corrected chi connectivity index (χ2v) is 3.50. The Labute approximate surface area is 57.0 Å². The summed E-state index contributed by atoms with van der Waals surface area (Å²) in [6, 6.07) is 0. The van der Waals surface area contributed by atoms with Gasteiger partial charge in [0, 0.05) is 13.1 Å². The van der Waals surface area contributed by atoms with Crippen molar-refractivity contribution in [1.29, 1.82) is 0 Å². The standard InChI is InChI=1S/C8H14N/c1-9-5-7-3-2-4-8(7)6-9/h2,7-8H,3-6H2,1H3. The Morgan fingerprint density at radius 1 is 1.22 bits per heavy atom. The number of hydrogen-bond donors (Lipinski definition) is 0. The lowest BCUT2D eigenvalue weighted by atomic mass is 10.0. The molecule has 1 nitrogen and oxygen atoms in total. The van der Waals surface area contributed by atoms with Crippen LogP contribution < -0.4 is 0 Å². The molecule has 0 spiro atoms. The van der Waals surface area contributed by atoms with Gasteiger partial charge in [0.05, 0.1) is 0 Å². The smallest absolute Gasteiger partial charge is 0.000996 e. The van der Waals surface area contributed by atoms with Gasteiger partial charge in [-0.15, -0.1) is 0 Å². The Balaban J connectivity index is 2.02. The number of rotatable bonds is 0. The van der Waals surface area contributed by atoms with Crippen LogP contribution in [0, 0.1) is 18.3 Å². The maximum absolute atomic E-state index is 2.46. The van der Waals surface area contributed by atoms with Gasteiger partial charge >= 0.3 is 0 Å². The van der Waals surface area contributed by atoms with Gasteiger partial charge in [0.25, 0.3) is 0 Å². The van der Waals surface area contributed by atoms with Crippen molar-refractivity contribution >= 4 is 0 Å². The molecule has 0 aromatic heterocycles. The molecule has 0 N–H and O–H groups in total. The molecule has 1 heterocycles. The van der Waals surface area contributed by atoms with Crippen LogP contribution in [0.1, 0.15) is 12.8 Å². The van der Waals surface area contributed by atoms with E-state index in [2.05, 4.69) is 18.4 Å². The highest BCUT2D eigenvalue weighted by Gasteiger charge is 2.34. The Bertz CT molecular complexity index is 99.1. The summed E-state index contributed by atoms with van der Waals surface area (Å²) in [4.78, 5) is 2.46. The first-order chi connectivity index (χ1) is 4.36. The van der Waals surface area contributed by atoms with Gasteiger partial charge in [0.1, 0.15) is 0 Å². The molecule has 0 aromatic carbocycles. The summed E-state index contributed by atoms with van der Waals surface area (Å²) in [5.74, 6) is 2.05. The first-order valence-electron chi connectivity index (χ1n) is 3.86. The summed E-state index contributed by atoms with van der Waals surface area (Å²) in [6.45, 7) is 2.70. The second kappa shape index (κ2) is 1.98. The molecule has 1 radical (unpaired) electrons. The molecule has 51 valence electrons. The Hall–Kier alpha value is -0.0400. The van der Waals surface area contributed by atoms with Crippen LogP contribution in [-0.2, 0) is 0 Å². The molecule has 1 saturated heterocycles. The van der Waals surface area contributed by atoms with Crippen molar-refractivity contribution in [2.75, 3.05) is 20.1 Å². The Kier molecular flexibility index (Phi) is 1.26. The van der Waals surface area contributed by atoms with E-state index in [9.17, 15) is 0 Å². The highest BCUT2D eigenvalue weighted by Crippen LogP contribution is 2.36. The zero-order valence-electron chi connectivity index (χ0n) is 6.01.